The summed E-state index contributed by atoms with van der Waals surface area (Å²) in [6, 6.07) is 7.44. The van der Waals surface area contributed by atoms with Crippen molar-refractivity contribution < 1.29 is 4.79 Å². The van der Waals surface area contributed by atoms with E-state index in [9.17, 15) is 4.79 Å². The Bertz CT molecular complexity index is 618. The number of nitrogens with one attached hydrogen (secondary N) is 2. The van der Waals surface area contributed by atoms with E-state index in [1.165, 1.54) is 11.0 Å². The molecule has 0 bridgehead atoms. The van der Waals surface area contributed by atoms with Gasteiger partial charge >= 0.3 is 0 Å². The third-order valence-corrected chi connectivity index (χ3v) is 3.87. The molecule has 1 saturated heterocycles. The van der Waals surface area contributed by atoms with Gasteiger partial charge in [0.2, 0.25) is 0 Å². The van der Waals surface area contributed by atoms with Crippen LogP contribution in [0.25, 0.3) is 5.69 Å². The summed E-state index contributed by atoms with van der Waals surface area (Å²) in [5.41, 5.74) is 1.38. The standard InChI is InChI=1S/C14H18N6O.ClH/c1-10-5-6-15-8-13(10)17-14(21)11-3-2-4-12(7-11)20-9-16-18-19-20;/h2-4,7,9-10,13,15H,5-6,8H2,1H3,(H,17,21);1H. The molecule has 1 aromatic heterocycles. The lowest BCUT2D eigenvalue weighted by Gasteiger charge is -2.30. The van der Waals surface area contributed by atoms with Crippen molar-refractivity contribution in [1.82, 2.24) is 30.8 Å². The van der Waals surface area contributed by atoms with Crippen LogP contribution in [0.5, 0.6) is 0 Å². The smallest absolute Gasteiger partial charge is 0.251 e. The molecule has 2 atom stereocenters. The number of amides is 1. The lowest BCUT2D eigenvalue weighted by molar-refractivity contribution is 0.0915. The molecule has 1 fully saturated rings. The molecule has 2 N–H and O–H groups in total. The van der Waals surface area contributed by atoms with Gasteiger partial charge in [-0.15, -0.1) is 17.5 Å². The van der Waals surface area contributed by atoms with Gasteiger partial charge in [-0.1, -0.05) is 13.0 Å². The predicted octanol–water partition coefficient (Wildman–Crippen LogP) is 0.812. The molecule has 2 heterocycles. The molecule has 0 aliphatic carbocycles. The molecule has 1 aliphatic rings. The van der Waals surface area contributed by atoms with Crippen molar-refractivity contribution >= 4 is 18.3 Å². The summed E-state index contributed by atoms with van der Waals surface area (Å²) >= 11 is 0. The molecule has 0 spiro atoms. The molecular weight excluding hydrogens is 304 g/mol. The monoisotopic (exact) mass is 322 g/mol. The molecule has 0 saturated carbocycles. The first-order valence-electron chi connectivity index (χ1n) is 7.09. The van der Waals surface area contributed by atoms with Crippen LogP contribution in [0.4, 0.5) is 0 Å². The highest BCUT2D eigenvalue weighted by Crippen LogP contribution is 2.13. The van der Waals surface area contributed by atoms with Crippen molar-refractivity contribution in [2.45, 2.75) is 19.4 Å². The van der Waals surface area contributed by atoms with E-state index in [1.54, 1.807) is 12.1 Å². The summed E-state index contributed by atoms with van der Waals surface area (Å²) in [7, 11) is 0. The zero-order chi connectivity index (χ0) is 14.7. The minimum absolute atomic E-state index is 0. The number of aromatic nitrogens is 4. The van der Waals surface area contributed by atoms with Crippen molar-refractivity contribution in [2.24, 2.45) is 5.92 Å². The van der Waals surface area contributed by atoms with E-state index in [4.69, 9.17) is 0 Å². The maximum Gasteiger partial charge on any atom is 0.251 e. The lowest BCUT2D eigenvalue weighted by Crippen LogP contribution is -2.50. The first-order chi connectivity index (χ1) is 10.2. The van der Waals surface area contributed by atoms with E-state index in [2.05, 4.69) is 33.1 Å². The minimum Gasteiger partial charge on any atom is -0.348 e. The van der Waals surface area contributed by atoms with Crippen LogP contribution in [-0.2, 0) is 0 Å². The van der Waals surface area contributed by atoms with Gasteiger partial charge in [0.1, 0.15) is 6.33 Å². The third kappa shape index (κ3) is 3.61. The van der Waals surface area contributed by atoms with Gasteiger partial charge in [0.25, 0.3) is 5.91 Å². The molecule has 8 heteroatoms. The molecule has 1 aromatic carbocycles. The van der Waals surface area contributed by atoms with Crippen molar-refractivity contribution in [3.8, 4) is 5.69 Å². The lowest BCUT2D eigenvalue weighted by atomic mass is 9.94. The molecule has 1 aliphatic heterocycles. The van der Waals surface area contributed by atoms with E-state index in [0.717, 1.165) is 25.2 Å². The Balaban J connectivity index is 0.00000176. The topological polar surface area (TPSA) is 84.7 Å². The van der Waals surface area contributed by atoms with Gasteiger partial charge in [-0.25, -0.2) is 4.68 Å². The van der Waals surface area contributed by atoms with E-state index in [-0.39, 0.29) is 24.4 Å². The highest BCUT2D eigenvalue weighted by Gasteiger charge is 2.23. The Morgan fingerprint density at radius 2 is 2.32 bits per heavy atom. The summed E-state index contributed by atoms with van der Waals surface area (Å²) in [6.45, 7) is 4.01. The number of halogens is 1. The predicted molar refractivity (Wildman–Crippen MR) is 84.3 cm³/mol. The molecule has 118 valence electrons. The molecule has 2 aromatic rings. The second-order valence-electron chi connectivity index (χ2n) is 5.35. The Morgan fingerprint density at radius 1 is 1.45 bits per heavy atom. The van der Waals surface area contributed by atoms with Crippen molar-refractivity contribution in [1.29, 1.82) is 0 Å². The summed E-state index contributed by atoms with van der Waals surface area (Å²) in [4.78, 5) is 12.4. The van der Waals surface area contributed by atoms with Gasteiger partial charge in [-0.2, -0.15) is 0 Å². The van der Waals surface area contributed by atoms with Gasteiger partial charge in [-0.05, 0) is 47.5 Å². The van der Waals surface area contributed by atoms with E-state index < -0.39 is 0 Å². The first kappa shape index (κ1) is 16.4. The molecule has 2 unspecified atom stereocenters. The van der Waals surface area contributed by atoms with Crippen LogP contribution in [0, 0.1) is 5.92 Å². The number of carbonyl (C=O) groups is 1. The summed E-state index contributed by atoms with van der Waals surface area (Å²) < 4.78 is 1.53. The fourth-order valence-electron chi connectivity index (χ4n) is 2.50. The van der Waals surface area contributed by atoms with Crippen LogP contribution in [0.15, 0.2) is 30.6 Å². The van der Waals surface area contributed by atoms with Gasteiger partial charge < -0.3 is 10.6 Å². The van der Waals surface area contributed by atoms with Gasteiger partial charge in [0.15, 0.2) is 0 Å². The molecule has 3 rings (SSSR count). The van der Waals surface area contributed by atoms with E-state index in [1.807, 2.05) is 12.1 Å². The Labute approximate surface area is 134 Å². The fourth-order valence-corrected chi connectivity index (χ4v) is 2.50. The second kappa shape index (κ2) is 7.33. The number of tetrazole rings is 1. The number of piperidine rings is 1. The quantitative estimate of drug-likeness (QED) is 0.873. The fraction of sp³-hybridized carbons (Fsp3) is 0.429. The maximum absolute atomic E-state index is 12.4. The highest BCUT2D eigenvalue weighted by molar-refractivity contribution is 5.94. The molecule has 7 nitrogen and oxygen atoms in total. The highest BCUT2D eigenvalue weighted by atomic mass is 35.5. The van der Waals surface area contributed by atoms with Crippen LogP contribution >= 0.6 is 12.4 Å². The van der Waals surface area contributed by atoms with Crippen LogP contribution in [0.3, 0.4) is 0 Å². The molecule has 22 heavy (non-hydrogen) atoms. The van der Waals surface area contributed by atoms with Crippen LogP contribution < -0.4 is 10.6 Å². The van der Waals surface area contributed by atoms with Crippen molar-refractivity contribution in [3.63, 3.8) is 0 Å². The number of benzene rings is 1. The number of hydrogen-bond donors (Lipinski definition) is 2. The van der Waals surface area contributed by atoms with Crippen LogP contribution in [-0.4, -0.2) is 45.2 Å². The summed E-state index contributed by atoms with van der Waals surface area (Å²) in [5, 5.41) is 17.4. The summed E-state index contributed by atoms with van der Waals surface area (Å²) in [5.74, 6) is 0.420. The zero-order valence-electron chi connectivity index (χ0n) is 12.3. The van der Waals surface area contributed by atoms with E-state index >= 15 is 0 Å². The third-order valence-electron chi connectivity index (χ3n) is 3.87. The molecule has 1 amide bonds. The average Bonchev–Trinajstić information content (AvgIpc) is 3.04. The zero-order valence-corrected chi connectivity index (χ0v) is 13.1. The molecule has 0 radical (unpaired) electrons. The van der Waals surface area contributed by atoms with Gasteiger partial charge in [-0.3, -0.25) is 4.79 Å². The normalized spacial score (nSPS) is 21.0. The summed E-state index contributed by atoms with van der Waals surface area (Å²) in [6.07, 6.45) is 2.58. The Kier molecular flexibility index (Phi) is 5.46. The number of hydrogen-bond acceptors (Lipinski definition) is 5. The van der Waals surface area contributed by atoms with Crippen molar-refractivity contribution in [3.05, 3.63) is 36.2 Å². The Morgan fingerprint density at radius 3 is 3.05 bits per heavy atom. The number of carbonyl (C=O) groups excluding carboxylic acids is 1. The van der Waals surface area contributed by atoms with Crippen LogP contribution in [0.1, 0.15) is 23.7 Å². The average molecular weight is 323 g/mol. The van der Waals surface area contributed by atoms with Crippen LogP contribution in [0.2, 0.25) is 0 Å². The SMILES string of the molecule is CC1CCNCC1NC(=O)c1cccc(-n2cnnn2)c1.Cl. The Hall–Kier alpha value is -1.99. The minimum atomic E-state index is -0.0644. The maximum atomic E-state index is 12.4. The number of rotatable bonds is 3. The van der Waals surface area contributed by atoms with Crippen molar-refractivity contribution in [2.75, 3.05) is 13.1 Å². The number of nitrogens with zero attached hydrogens (tertiary/aromatic N) is 4. The second-order valence-corrected chi connectivity index (χ2v) is 5.35. The largest absolute Gasteiger partial charge is 0.348 e. The first-order valence-corrected chi connectivity index (χ1v) is 7.09. The molecular formula is C14H19ClN6O. The van der Waals surface area contributed by atoms with Gasteiger partial charge in [0, 0.05) is 18.2 Å². The van der Waals surface area contributed by atoms with Gasteiger partial charge in [0.05, 0.1) is 5.69 Å². The van der Waals surface area contributed by atoms with E-state index in [0.29, 0.717) is 11.5 Å².